The summed E-state index contributed by atoms with van der Waals surface area (Å²) < 4.78 is 5.29. The Kier molecular flexibility index (Phi) is 5.69. The zero-order chi connectivity index (χ0) is 20.1. The van der Waals surface area contributed by atoms with Gasteiger partial charge in [0.05, 0.1) is 5.56 Å². The fourth-order valence-corrected chi connectivity index (χ4v) is 2.68. The Morgan fingerprint density at radius 3 is 2.07 bits per heavy atom. The molecule has 3 aromatic rings. The number of hydrogen-bond acceptors (Lipinski definition) is 4. The zero-order valence-electron chi connectivity index (χ0n) is 15.6. The number of carbonyl (C=O) groups excluding carboxylic acids is 3. The van der Waals surface area contributed by atoms with Gasteiger partial charge in [-0.1, -0.05) is 30.3 Å². The lowest BCUT2D eigenvalue weighted by Gasteiger charge is -2.14. The summed E-state index contributed by atoms with van der Waals surface area (Å²) in [6, 6.07) is 19.6. The van der Waals surface area contributed by atoms with E-state index in [4.69, 9.17) is 4.74 Å². The van der Waals surface area contributed by atoms with Gasteiger partial charge in [0.2, 0.25) is 5.91 Å². The van der Waals surface area contributed by atoms with Crippen molar-refractivity contribution in [1.29, 1.82) is 0 Å². The number of rotatable bonds is 5. The highest BCUT2D eigenvalue weighted by molar-refractivity contribution is 5.99. The molecule has 3 aromatic carbocycles. The summed E-state index contributed by atoms with van der Waals surface area (Å²) in [5.41, 5.74) is 1.55. The molecule has 2 amide bonds. The van der Waals surface area contributed by atoms with Gasteiger partial charge in [0.15, 0.2) is 6.10 Å². The van der Waals surface area contributed by atoms with E-state index in [0.29, 0.717) is 16.9 Å². The molecule has 142 valence electrons. The van der Waals surface area contributed by atoms with Crippen LogP contribution in [0, 0.1) is 0 Å². The van der Waals surface area contributed by atoms with Crippen LogP contribution in [0.2, 0.25) is 0 Å². The molecule has 1 unspecified atom stereocenters. The lowest BCUT2D eigenvalue weighted by Crippen LogP contribution is -2.30. The monoisotopic (exact) mass is 376 g/mol. The molecule has 0 spiro atoms. The summed E-state index contributed by atoms with van der Waals surface area (Å²) in [6.07, 6.45) is -0.964. The van der Waals surface area contributed by atoms with Crippen molar-refractivity contribution in [1.82, 2.24) is 0 Å². The van der Waals surface area contributed by atoms with Crippen molar-refractivity contribution >= 4 is 39.9 Å². The van der Waals surface area contributed by atoms with Crippen molar-refractivity contribution in [3.8, 4) is 0 Å². The summed E-state index contributed by atoms with van der Waals surface area (Å²) >= 11 is 0. The van der Waals surface area contributed by atoms with Crippen molar-refractivity contribution in [2.24, 2.45) is 0 Å². The van der Waals surface area contributed by atoms with Crippen LogP contribution in [0.4, 0.5) is 11.4 Å². The molecule has 6 heteroatoms. The Morgan fingerprint density at radius 1 is 0.821 bits per heavy atom. The van der Waals surface area contributed by atoms with Crippen LogP contribution in [-0.2, 0) is 14.3 Å². The first-order chi connectivity index (χ1) is 13.4. The van der Waals surface area contributed by atoms with E-state index >= 15 is 0 Å². The molecule has 6 nitrogen and oxygen atoms in total. The van der Waals surface area contributed by atoms with Gasteiger partial charge in [0, 0.05) is 18.3 Å². The molecule has 2 N–H and O–H groups in total. The average Bonchev–Trinajstić information content (AvgIpc) is 2.68. The first kappa shape index (κ1) is 19.1. The molecule has 0 aliphatic carbocycles. The van der Waals surface area contributed by atoms with Crippen LogP contribution < -0.4 is 10.6 Å². The largest absolute Gasteiger partial charge is 0.449 e. The molecule has 0 bridgehead atoms. The van der Waals surface area contributed by atoms with Crippen LogP contribution in [0.5, 0.6) is 0 Å². The summed E-state index contributed by atoms with van der Waals surface area (Å²) in [5, 5.41) is 7.27. The topological polar surface area (TPSA) is 84.5 Å². The van der Waals surface area contributed by atoms with E-state index in [-0.39, 0.29) is 5.91 Å². The van der Waals surface area contributed by atoms with Crippen LogP contribution in [0.25, 0.3) is 10.8 Å². The average molecular weight is 376 g/mol. The molecule has 28 heavy (non-hydrogen) atoms. The molecular formula is C22H20N2O4. The smallest absolute Gasteiger partial charge is 0.338 e. The molecule has 3 rings (SSSR count). The van der Waals surface area contributed by atoms with Crippen molar-refractivity contribution in [3.05, 3.63) is 72.3 Å². The molecule has 0 fully saturated rings. The minimum atomic E-state index is -0.964. The van der Waals surface area contributed by atoms with E-state index in [9.17, 15) is 14.4 Å². The molecule has 0 heterocycles. The van der Waals surface area contributed by atoms with E-state index < -0.39 is 18.0 Å². The van der Waals surface area contributed by atoms with Gasteiger partial charge in [-0.25, -0.2) is 4.79 Å². The summed E-state index contributed by atoms with van der Waals surface area (Å²) in [7, 11) is 0. The van der Waals surface area contributed by atoms with Gasteiger partial charge in [-0.15, -0.1) is 0 Å². The zero-order valence-corrected chi connectivity index (χ0v) is 15.6. The first-order valence-electron chi connectivity index (χ1n) is 8.80. The first-order valence-corrected chi connectivity index (χ1v) is 8.80. The van der Waals surface area contributed by atoms with Crippen LogP contribution >= 0.6 is 0 Å². The Hall–Kier alpha value is -3.67. The quantitative estimate of drug-likeness (QED) is 0.660. The predicted molar refractivity (Wildman–Crippen MR) is 108 cm³/mol. The SMILES string of the molecule is CC(=O)Nc1ccc(NC(=O)C(C)OC(=O)c2ccc3ccccc3c2)cc1. The van der Waals surface area contributed by atoms with Crippen LogP contribution in [-0.4, -0.2) is 23.9 Å². The Balaban J connectivity index is 1.61. The van der Waals surface area contributed by atoms with E-state index in [0.717, 1.165) is 10.8 Å². The normalized spacial score (nSPS) is 11.5. The molecule has 0 radical (unpaired) electrons. The van der Waals surface area contributed by atoms with Crippen LogP contribution in [0.1, 0.15) is 24.2 Å². The molecule has 1 atom stereocenters. The third kappa shape index (κ3) is 4.73. The van der Waals surface area contributed by atoms with E-state index in [1.807, 2.05) is 30.3 Å². The Morgan fingerprint density at radius 2 is 1.43 bits per heavy atom. The van der Waals surface area contributed by atoms with Gasteiger partial charge in [0.25, 0.3) is 5.91 Å². The number of esters is 1. The minimum absolute atomic E-state index is 0.175. The Labute approximate surface area is 162 Å². The standard InChI is InChI=1S/C22H20N2O4/c1-14(21(26)24-20-11-9-19(10-12-20)23-15(2)25)28-22(27)18-8-7-16-5-3-4-6-17(16)13-18/h3-14H,1-2H3,(H,23,25)(H,24,26). The fourth-order valence-electron chi connectivity index (χ4n) is 2.68. The number of anilines is 2. The van der Waals surface area contributed by atoms with E-state index in [2.05, 4.69) is 10.6 Å². The van der Waals surface area contributed by atoms with Crippen LogP contribution in [0.15, 0.2) is 66.7 Å². The number of ether oxygens (including phenoxy) is 1. The van der Waals surface area contributed by atoms with Crippen molar-refractivity contribution in [2.45, 2.75) is 20.0 Å². The fraction of sp³-hybridized carbons (Fsp3) is 0.136. The van der Waals surface area contributed by atoms with Gasteiger partial charge in [-0.2, -0.15) is 0 Å². The number of nitrogens with one attached hydrogen (secondary N) is 2. The molecule has 0 aromatic heterocycles. The van der Waals surface area contributed by atoms with Gasteiger partial charge in [-0.05, 0) is 54.1 Å². The lowest BCUT2D eigenvalue weighted by molar-refractivity contribution is -0.123. The number of carbonyl (C=O) groups is 3. The number of amides is 2. The molecule has 0 aliphatic heterocycles. The number of hydrogen-bond donors (Lipinski definition) is 2. The molecule has 0 saturated carbocycles. The highest BCUT2D eigenvalue weighted by atomic mass is 16.5. The number of benzene rings is 3. The van der Waals surface area contributed by atoms with Gasteiger partial charge in [-0.3, -0.25) is 9.59 Å². The van der Waals surface area contributed by atoms with Gasteiger partial charge >= 0.3 is 5.97 Å². The third-order valence-electron chi connectivity index (χ3n) is 4.11. The summed E-state index contributed by atoms with van der Waals surface area (Å²) in [6.45, 7) is 2.93. The van der Waals surface area contributed by atoms with Crippen molar-refractivity contribution in [3.63, 3.8) is 0 Å². The second-order valence-electron chi connectivity index (χ2n) is 6.36. The predicted octanol–water partition coefficient (Wildman–Crippen LogP) is 3.98. The maximum atomic E-state index is 12.4. The molecule has 0 saturated heterocycles. The van der Waals surface area contributed by atoms with E-state index in [1.165, 1.54) is 13.8 Å². The highest BCUT2D eigenvalue weighted by Gasteiger charge is 2.19. The van der Waals surface area contributed by atoms with Crippen LogP contribution in [0.3, 0.4) is 0 Å². The maximum Gasteiger partial charge on any atom is 0.338 e. The lowest BCUT2D eigenvalue weighted by atomic mass is 10.1. The van der Waals surface area contributed by atoms with Crippen molar-refractivity contribution < 1.29 is 19.1 Å². The summed E-state index contributed by atoms with van der Waals surface area (Å²) in [4.78, 5) is 35.7. The maximum absolute atomic E-state index is 12.4. The third-order valence-corrected chi connectivity index (χ3v) is 4.11. The van der Waals surface area contributed by atoms with Crippen molar-refractivity contribution in [2.75, 3.05) is 10.6 Å². The Bertz CT molecular complexity index is 1030. The molecular weight excluding hydrogens is 356 g/mol. The summed E-state index contributed by atoms with van der Waals surface area (Å²) in [5.74, 6) is -1.18. The second kappa shape index (κ2) is 8.35. The molecule has 0 aliphatic rings. The highest BCUT2D eigenvalue weighted by Crippen LogP contribution is 2.17. The van der Waals surface area contributed by atoms with E-state index in [1.54, 1.807) is 36.4 Å². The van der Waals surface area contributed by atoms with Gasteiger partial charge in [0.1, 0.15) is 0 Å². The number of fused-ring (bicyclic) bond motifs is 1. The minimum Gasteiger partial charge on any atom is -0.449 e. The van der Waals surface area contributed by atoms with Gasteiger partial charge < -0.3 is 15.4 Å². The second-order valence-corrected chi connectivity index (χ2v) is 6.36.